The molecule has 2 N–H and O–H groups in total. The van der Waals surface area contributed by atoms with E-state index < -0.39 is 0 Å². The number of fused-ring (bicyclic) bond motifs is 2. The predicted molar refractivity (Wildman–Crippen MR) is 79.6 cm³/mol. The Bertz CT molecular complexity index is 736. The first-order chi connectivity index (χ1) is 10.3. The SMILES string of the molecule is COc1cc(-c2nc(N)c3c(n2)CSC3)cc2c1OCO2. The Morgan fingerprint density at radius 2 is 2.14 bits per heavy atom. The fraction of sp³-hybridized carbons (Fsp3) is 0.286. The van der Waals surface area contributed by atoms with E-state index in [2.05, 4.69) is 9.97 Å². The van der Waals surface area contributed by atoms with Gasteiger partial charge in [-0.05, 0) is 12.1 Å². The molecule has 1 aromatic heterocycles. The molecule has 0 bridgehead atoms. The zero-order valence-corrected chi connectivity index (χ0v) is 12.2. The van der Waals surface area contributed by atoms with Crippen LogP contribution in [-0.4, -0.2) is 23.9 Å². The number of aromatic nitrogens is 2. The molecular formula is C14H13N3O3S. The second kappa shape index (κ2) is 4.70. The molecule has 7 heteroatoms. The summed E-state index contributed by atoms with van der Waals surface area (Å²) in [5, 5.41) is 0. The number of nitrogens with zero attached hydrogens (tertiary/aromatic N) is 2. The molecule has 6 nitrogen and oxygen atoms in total. The quantitative estimate of drug-likeness (QED) is 0.911. The number of hydrogen-bond donors (Lipinski definition) is 1. The second-order valence-corrected chi connectivity index (χ2v) is 5.75. The van der Waals surface area contributed by atoms with Gasteiger partial charge in [0.25, 0.3) is 0 Å². The minimum absolute atomic E-state index is 0.193. The van der Waals surface area contributed by atoms with Crippen molar-refractivity contribution in [3.05, 3.63) is 23.4 Å². The summed E-state index contributed by atoms with van der Waals surface area (Å²) in [6, 6.07) is 3.70. The molecule has 108 valence electrons. The molecule has 0 unspecified atom stereocenters. The summed E-state index contributed by atoms with van der Waals surface area (Å²) >= 11 is 1.80. The van der Waals surface area contributed by atoms with E-state index in [0.717, 1.165) is 28.3 Å². The van der Waals surface area contributed by atoms with E-state index in [1.54, 1.807) is 18.9 Å². The maximum Gasteiger partial charge on any atom is 0.231 e. The molecule has 1 aromatic carbocycles. The van der Waals surface area contributed by atoms with Crippen LogP contribution in [0.2, 0.25) is 0 Å². The second-order valence-electron chi connectivity index (χ2n) is 4.76. The highest BCUT2D eigenvalue weighted by atomic mass is 32.2. The standard InChI is InChI=1S/C14H13N3O3S/c1-18-10-2-7(3-11-12(10)20-6-19-11)14-16-9-5-21-4-8(9)13(15)17-14/h2-3H,4-6H2,1H3,(H2,15,16,17). The van der Waals surface area contributed by atoms with E-state index in [4.69, 9.17) is 19.9 Å². The third-order valence-corrected chi connectivity index (χ3v) is 4.50. The van der Waals surface area contributed by atoms with Gasteiger partial charge in [0.15, 0.2) is 17.3 Å². The Hall–Kier alpha value is -2.15. The van der Waals surface area contributed by atoms with Crippen LogP contribution in [0.15, 0.2) is 12.1 Å². The Morgan fingerprint density at radius 1 is 1.24 bits per heavy atom. The van der Waals surface area contributed by atoms with Crippen LogP contribution in [0.5, 0.6) is 17.2 Å². The first kappa shape index (κ1) is 12.6. The lowest BCUT2D eigenvalue weighted by Crippen LogP contribution is -2.03. The smallest absolute Gasteiger partial charge is 0.231 e. The summed E-state index contributed by atoms with van der Waals surface area (Å²) in [7, 11) is 1.59. The summed E-state index contributed by atoms with van der Waals surface area (Å²) in [5.74, 6) is 4.76. The maximum atomic E-state index is 6.04. The Balaban J connectivity index is 1.86. The number of methoxy groups -OCH3 is 1. The van der Waals surface area contributed by atoms with Crippen LogP contribution in [0, 0.1) is 0 Å². The van der Waals surface area contributed by atoms with Crippen molar-refractivity contribution in [1.82, 2.24) is 9.97 Å². The van der Waals surface area contributed by atoms with Crippen molar-refractivity contribution in [2.24, 2.45) is 0 Å². The molecule has 0 fully saturated rings. The van der Waals surface area contributed by atoms with E-state index in [0.29, 0.717) is 28.9 Å². The van der Waals surface area contributed by atoms with Gasteiger partial charge in [-0.15, -0.1) is 0 Å². The van der Waals surface area contributed by atoms with Gasteiger partial charge in [0.2, 0.25) is 12.5 Å². The molecule has 0 amide bonds. The Kier molecular flexibility index (Phi) is 2.81. The highest BCUT2D eigenvalue weighted by Crippen LogP contribution is 2.44. The first-order valence-corrected chi connectivity index (χ1v) is 7.62. The number of anilines is 1. The summed E-state index contributed by atoms with van der Waals surface area (Å²) in [6.07, 6.45) is 0. The van der Waals surface area contributed by atoms with E-state index in [1.807, 2.05) is 12.1 Å². The van der Waals surface area contributed by atoms with Gasteiger partial charge in [-0.2, -0.15) is 11.8 Å². The lowest BCUT2D eigenvalue weighted by molar-refractivity contribution is 0.171. The molecule has 0 radical (unpaired) electrons. The first-order valence-electron chi connectivity index (χ1n) is 6.47. The number of benzene rings is 1. The average Bonchev–Trinajstić information content (AvgIpc) is 3.14. The molecule has 3 heterocycles. The van der Waals surface area contributed by atoms with Crippen LogP contribution in [0.3, 0.4) is 0 Å². The molecular weight excluding hydrogens is 290 g/mol. The lowest BCUT2D eigenvalue weighted by Gasteiger charge is -2.09. The monoisotopic (exact) mass is 303 g/mol. The van der Waals surface area contributed by atoms with Crippen LogP contribution in [0.1, 0.15) is 11.3 Å². The van der Waals surface area contributed by atoms with Crippen molar-refractivity contribution < 1.29 is 14.2 Å². The summed E-state index contributed by atoms with van der Waals surface area (Å²) < 4.78 is 16.2. The van der Waals surface area contributed by atoms with Crippen LogP contribution in [-0.2, 0) is 11.5 Å². The van der Waals surface area contributed by atoms with Gasteiger partial charge < -0.3 is 19.9 Å². The molecule has 4 rings (SSSR count). The number of thioether (sulfide) groups is 1. The summed E-state index contributed by atoms with van der Waals surface area (Å²) in [6.45, 7) is 0.193. The van der Waals surface area contributed by atoms with Crippen LogP contribution < -0.4 is 19.9 Å². The maximum absolute atomic E-state index is 6.04. The van der Waals surface area contributed by atoms with Gasteiger partial charge in [-0.1, -0.05) is 0 Å². The van der Waals surface area contributed by atoms with E-state index in [1.165, 1.54) is 0 Å². The molecule has 0 atom stereocenters. The van der Waals surface area contributed by atoms with Crippen LogP contribution in [0.4, 0.5) is 5.82 Å². The van der Waals surface area contributed by atoms with E-state index in [9.17, 15) is 0 Å². The van der Waals surface area contributed by atoms with Crippen molar-refractivity contribution in [2.45, 2.75) is 11.5 Å². The van der Waals surface area contributed by atoms with Gasteiger partial charge in [0, 0.05) is 22.6 Å². The van der Waals surface area contributed by atoms with Gasteiger partial charge >= 0.3 is 0 Å². The summed E-state index contributed by atoms with van der Waals surface area (Å²) in [5.41, 5.74) is 8.92. The normalized spacial score (nSPS) is 15.1. The number of nitrogens with two attached hydrogens (primary N) is 1. The van der Waals surface area contributed by atoms with Crippen molar-refractivity contribution in [1.29, 1.82) is 0 Å². The van der Waals surface area contributed by atoms with Crippen molar-refractivity contribution in [3.63, 3.8) is 0 Å². The molecule has 2 aliphatic rings. The fourth-order valence-electron chi connectivity index (χ4n) is 2.46. The van der Waals surface area contributed by atoms with Gasteiger partial charge in [-0.3, -0.25) is 0 Å². The van der Waals surface area contributed by atoms with Gasteiger partial charge in [-0.25, -0.2) is 9.97 Å². The highest BCUT2D eigenvalue weighted by molar-refractivity contribution is 7.98. The van der Waals surface area contributed by atoms with Gasteiger partial charge in [0.1, 0.15) is 5.82 Å². The lowest BCUT2D eigenvalue weighted by atomic mass is 10.1. The predicted octanol–water partition coefficient (Wildman–Crippen LogP) is 2.21. The van der Waals surface area contributed by atoms with Crippen molar-refractivity contribution >= 4 is 17.6 Å². The number of hydrogen-bond acceptors (Lipinski definition) is 7. The van der Waals surface area contributed by atoms with Crippen LogP contribution >= 0.6 is 11.8 Å². The number of nitrogen functional groups attached to an aromatic ring is 1. The molecule has 0 saturated heterocycles. The molecule has 0 saturated carbocycles. The largest absolute Gasteiger partial charge is 0.493 e. The minimum Gasteiger partial charge on any atom is -0.493 e. The third-order valence-electron chi connectivity index (χ3n) is 3.53. The molecule has 21 heavy (non-hydrogen) atoms. The van der Waals surface area contributed by atoms with Crippen molar-refractivity contribution in [2.75, 3.05) is 19.6 Å². The number of rotatable bonds is 2. The van der Waals surface area contributed by atoms with Crippen LogP contribution in [0.25, 0.3) is 11.4 Å². The van der Waals surface area contributed by atoms with Crippen molar-refractivity contribution in [3.8, 4) is 28.6 Å². The minimum atomic E-state index is 0.193. The topological polar surface area (TPSA) is 79.5 Å². The summed E-state index contributed by atoms with van der Waals surface area (Å²) in [4.78, 5) is 9.04. The zero-order valence-electron chi connectivity index (χ0n) is 11.4. The average molecular weight is 303 g/mol. The van der Waals surface area contributed by atoms with E-state index >= 15 is 0 Å². The van der Waals surface area contributed by atoms with E-state index in [-0.39, 0.29) is 6.79 Å². The molecule has 2 aliphatic heterocycles. The fourth-order valence-corrected chi connectivity index (χ4v) is 3.52. The zero-order chi connectivity index (χ0) is 14.4. The Morgan fingerprint density at radius 3 is 3.00 bits per heavy atom. The highest BCUT2D eigenvalue weighted by Gasteiger charge is 2.23. The Labute approximate surface area is 125 Å². The number of ether oxygens (including phenoxy) is 3. The third kappa shape index (κ3) is 1.96. The van der Waals surface area contributed by atoms with Gasteiger partial charge in [0.05, 0.1) is 12.8 Å². The molecule has 0 aliphatic carbocycles. The molecule has 2 aromatic rings. The molecule has 0 spiro atoms.